The van der Waals surface area contributed by atoms with Gasteiger partial charge in [0.15, 0.2) is 5.82 Å². The van der Waals surface area contributed by atoms with Crippen molar-refractivity contribution in [2.24, 2.45) is 0 Å². The first-order chi connectivity index (χ1) is 13.7. The predicted octanol–water partition coefficient (Wildman–Crippen LogP) is 5.87. The second-order valence-electron chi connectivity index (χ2n) is 6.50. The van der Waals surface area contributed by atoms with E-state index >= 15 is 0 Å². The van der Waals surface area contributed by atoms with E-state index < -0.39 is 0 Å². The van der Waals surface area contributed by atoms with Crippen LogP contribution in [0.5, 0.6) is 0 Å². The zero-order chi connectivity index (χ0) is 19.3. The topological polar surface area (TPSA) is 43.6 Å². The van der Waals surface area contributed by atoms with Crippen LogP contribution in [0.4, 0.5) is 0 Å². The van der Waals surface area contributed by atoms with Crippen LogP contribution < -0.4 is 0 Å². The fourth-order valence-electron chi connectivity index (χ4n) is 3.31. The molecule has 28 heavy (non-hydrogen) atoms. The Hall–Kier alpha value is -2.69. The number of halogens is 2. The van der Waals surface area contributed by atoms with Crippen molar-refractivity contribution in [3.8, 4) is 11.4 Å². The van der Waals surface area contributed by atoms with Gasteiger partial charge >= 0.3 is 0 Å². The number of nitrogens with zero attached hydrogens (tertiary/aromatic N) is 4. The van der Waals surface area contributed by atoms with Crippen molar-refractivity contribution in [1.29, 1.82) is 0 Å². The molecule has 140 valence electrons. The summed E-state index contributed by atoms with van der Waals surface area (Å²) in [5.74, 6) is 0.606. The van der Waals surface area contributed by atoms with E-state index in [-0.39, 0.29) is 6.04 Å². The van der Waals surface area contributed by atoms with E-state index in [1.165, 1.54) is 5.56 Å². The molecule has 1 unspecified atom stereocenters. The van der Waals surface area contributed by atoms with E-state index in [1.54, 1.807) is 6.07 Å². The minimum Gasteiger partial charge on any atom is -0.218 e. The van der Waals surface area contributed by atoms with Crippen LogP contribution in [0.2, 0.25) is 10.0 Å². The molecule has 0 fully saturated rings. The van der Waals surface area contributed by atoms with Crippen molar-refractivity contribution in [2.45, 2.75) is 18.9 Å². The molecule has 0 saturated carbocycles. The summed E-state index contributed by atoms with van der Waals surface area (Å²) in [4.78, 5) is 0. The van der Waals surface area contributed by atoms with Crippen molar-refractivity contribution < 1.29 is 0 Å². The zero-order valence-corrected chi connectivity index (χ0v) is 16.6. The molecule has 6 heteroatoms. The van der Waals surface area contributed by atoms with Gasteiger partial charge in [0, 0.05) is 5.56 Å². The molecule has 1 aromatic heterocycles. The van der Waals surface area contributed by atoms with Gasteiger partial charge < -0.3 is 0 Å². The average molecular weight is 409 g/mol. The van der Waals surface area contributed by atoms with E-state index in [0.717, 1.165) is 24.0 Å². The Morgan fingerprint density at radius 1 is 0.821 bits per heavy atom. The second kappa shape index (κ2) is 8.55. The van der Waals surface area contributed by atoms with Crippen molar-refractivity contribution in [2.75, 3.05) is 0 Å². The Labute approximate surface area is 173 Å². The molecule has 0 amide bonds. The molecule has 0 N–H and O–H groups in total. The van der Waals surface area contributed by atoms with E-state index in [1.807, 2.05) is 41.1 Å². The van der Waals surface area contributed by atoms with Crippen LogP contribution in [0.3, 0.4) is 0 Å². The van der Waals surface area contributed by atoms with Crippen LogP contribution in [-0.2, 0) is 6.42 Å². The van der Waals surface area contributed by atoms with Crippen molar-refractivity contribution >= 4 is 23.2 Å². The summed E-state index contributed by atoms with van der Waals surface area (Å²) in [6.45, 7) is 0. The van der Waals surface area contributed by atoms with Gasteiger partial charge in [-0.3, -0.25) is 0 Å². The largest absolute Gasteiger partial charge is 0.218 e. The third-order valence-electron chi connectivity index (χ3n) is 4.71. The van der Waals surface area contributed by atoms with Gasteiger partial charge in [-0.25, -0.2) is 4.68 Å². The molecule has 0 aliphatic heterocycles. The van der Waals surface area contributed by atoms with Gasteiger partial charge in [-0.05, 0) is 46.5 Å². The number of aromatic nitrogens is 4. The summed E-state index contributed by atoms with van der Waals surface area (Å²) < 4.78 is 1.84. The first kappa shape index (κ1) is 18.7. The van der Waals surface area contributed by atoms with E-state index in [0.29, 0.717) is 15.9 Å². The van der Waals surface area contributed by atoms with Gasteiger partial charge in [0.2, 0.25) is 0 Å². The Kier molecular flexibility index (Phi) is 5.70. The lowest BCUT2D eigenvalue weighted by Gasteiger charge is -2.19. The highest BCUT2D eigenvalue weighted by Crippen LogP contribution is 2.34. The highest BCUT2D eigenvalue weighted by atomic mass is 35.5. The standard InChI is InChI=1S/C22H18Cl2N4/c23-19-13-7-12-18(21(19)24)22-25-26-27-28(22)20(17-10-5-2-6-11-17)15-14-16-8-3-1-4-9-16/h1-13,20H,14-15H2. The average Bonchev–Trinajstić information content (AvgIpc) is 3.21. The number of benzene rings is 3. The number of aryl methyl sites for hydroxylation is 1. The SMILES string of the molecule is Clc1cccc(-c2nnnn2C(CCc2ccccc2)c2ccccc2)c1Cl. The second-order valence-corrected chi connectivity index (χ2v) is 7.28. The van der Waals surface area contributed by atoms with Crippen LogP contribution in [0.25, 0.3) is 11.4 Å². The first-order valence-corrected chi connectivity index (χ1v) is 9.81. The summed E-state index contributed by atoms with van der Waals surface area (Å²) in [7, 11) is 0. The molecule has 0 aliphatic rings. The summed E-state index contributed by atoms with van der Waals surface area (Å²) in [6.07, 6.45) is 1.76. The van der Waals surface area contributed by atoms with Crippen molar-refractivity contribution in [3.05, 3.63) is 100 Å². The quantitative estimate of drug-likeness (QED) is 0.400. The molecule has 4 nitrogen and oxygen atoms in total. The number of tetrazole rings is 1. The van der Waals surface area contributed by atoms with Gasteiger partial charge in [-0.2, -0.15) is 0 Å². The third-order valence-corrected chi connectivity index (χ3v) is 5.53. The van der Waals surface area contributed by atoms with Crippen LogP contribution >= 0.6 is 23.2 Å². The van der Waals surface area contributed by atoms with Crippen LogP contribution in [0, 0.1) is 0 Å². The summed E-state index contributed by atoms with van der Waals surface area (Å²) in [6, 6.07) is 26.1. The number of hydrogen-bond acceptors (Lipinski definition) is 3. The van der Waals surface area contributed by atoms with Crippen LogP contribution in [0.1, 0.15) is 23.6 Å². The molecule has 1 heterocycles. The molecular weight excluding hydrogens is 391 g/mol. The molecule has 3 aromatic carbocycles. The lowest BCUT2D eigenvalue weighted by atomic mass is 9.98. The fourth-order valence-corrected chi connectivity index (χ4v) is 3.70. The first-order valence-electron chi connectivity index (χ1n) is 9.05. The number of hydrogen-bond donors (Lipinski definition) is 0. The summed E-state index contributed by atoms with van der Waals surface area (Å²) in [5.41, 5.74) is 3.14. The highest BCUT2D eigenvalue weighted by molar-refractivity contribution is 6.43. The van der Waals surface area contributed by atoms with Gasteiger partial charge in [-0.15, -0.1) is 5.10 Å². The fraction of sp³-hybridized carbons (Fsp3) is 0.136. The lowest BCUT2D eigenvalue weighted by Crippen LogP contribution is -2.15. The van der Waals surface area contributed by atoms with Gasteiger partial charge in [0.05, 0.1) is 16.1 Å². The van der Waals surface area contributed by atoms with E-state index in [2.05, 4.69) is 51.9 Å². The van der Waals surface area contributed by atoms with Gasteiger partial charge in [0.25, 0.3) is 0 Å². The van der Waals surface area contributed by atoms with Crippen molar-refractivity contribution in [3.63, 3.8) is 0 Å². The van der Waals surface area contributed by atoms with E-state index in [9.17, 15) is 0 Å². The Morgan fingerprint density at radius 2 is 1.54 bits per heavy atom. The highest BCUT2D eigenvalue weighted by Gasteiger charge is 2.22. The molecule has 0 bridgehead atoms. The molecule has 4 aromatic rings. The summed E-state index contributed by atoms with van der Waals surface area (Å²) in [5, 5.41) is 13.4. The van der Waals surface area contributed by atoms with Crippen molar-refractivity contribution in [1.82, 2.24) is 20.2 Å². The molecule has 0 aliphatic carbocycles. The third kappa shape index (κ3) is 3.93. The maximum absolute atomic E-state index is 6.44. The Balaban J connectivity index is 1.74. The lowest BCUT2D eigenvalue weighted by molar-refractivity contribution is 0.480. The molecular formula is C22H18Cl2N4. The van der Waals surface area contributed by atoms with Gasteiger partial charge in [0.1, 0.15) is 0 Å². The predicted molar refractivity (Wildman–Crippen MR) is 113 cm³/mol. The maximum atomic E-state index is 6.44. The summed E-state index contributed by atoms with van der Waals surface area (Å²) >= 11 is 12.7. The van der Waals surface area contributed by atoms with Crippen LogP contribution in [0.15, 0.2) is 78.9 Å². The minimum atomic E-state index is -0.0264. The van der Waals surface area contributed by atoms with Crippen LogP contribution in [-0.4, -0.2) is 20.2 Å². The molecule has 0 radical (unpaired) electrons. The normalized spacial score (nSPS) is 12.1. The van der Waals surface area contributed by atoms with Gasteiger partial charge in [-0.1, -0.05) is 89.9 Å². The Bertz CT molecular complexity index is 1050. The van der Waals surface area contributed by atoms with E-state index in [4.69, 9.17) is 23.2 Å². The smallest absolute Gasteiger partial charge is 0.184 e. The molecule has 0 spiro atoms. The monoisotopic (exact) mass is 408 g/mol. The molecule has 1 atom stereocenters. The minimum absolute atomic E-state index is 0.0264. The zero-order valence-electron chi connectivity index (χ0n) is 15.0. The molecule has 4 rings (SSSR count). The molecule has 0 saturated heterocycles. The Morgan fingerprint density at radius 3 is 2.29 bits per heavy atom. The maximum Gasteiger partial charge on any atom is 0.184 e. The number of rotatable bonds is 6.